The molecule has 0 aromatic heterocycles. The van der Waals surface area contributed by atoms with Crippen molar-refractivity contribution in [3.05, 3.63) is 0 Å². The summed E-state index contributed by atoms with van der Waals surface area (Å²) in [7, 11) is 0. The Hall–Kier alpha value is -1.10. The number of hydrogen-bond donors (Lipinski definition) is 3. The number of rotatable bonds is 5. The molecule has 6 N–H and O–H groups in total. The SMILES string of the molecule is CC(N)=NCCCC(N)C(N)=O. The van der Waals surface area contributed by atoms with Crippen molar-refractivity contribution in [2.45, 2.75) is 25.8 Å². The molecule has 0 fully saturated rings. The average Bonchev–Trinajstić information content (AvgIpc) is 1.97. The van der Waals surface area contributed by atoms with Crippen LogP contribution >= 0.6 is 0 Å². The van der Waals surface area contributed by atoms with Gasteiger partial charge in [-0.25, -0.2) is 0 Å². The number of amides is 1. The number of nitrogens with two attached hydrogens (primary N) is 3. The van der Waals surface area contributed by atoms with Crippen molar-refractivity contribution in [1.82, 2.24) is 0 Å². The highest BCUT2D eigenvalue weighted by atomic mass is 16.1. The molecule has 1 unspecified atom stereocenters. The Morgan fingerprint density at radius 2 is 2.08 bits per heavy atom. The first-order valence-electron chi connectivity index (χ1n) is 3.85. The quantitative estimate of drug-likeness (QED) is 0.280. The topological polar surface area (TPSA) is 107 Å². The zero-order valence-electron chi connectivity index (χ0n) is 7.29. The third kappa shape index (κ3) is 5.67. The van der Waals surface area contributed by atoms with Crippen LogP contribution in [0.15, 0.2) is 4.99 Å². The van der Waals surface area contributed by atoms with Gasteiger partial charge in [-0.3, -0.25) is 9.79 Å². The first kappa shape index (κ1) is 10.9. The molecule has 5 heteroatoms. The minimum absolute atomic E-state index is 0.469. The van der Waals surface area contributed by atoms with Gasteiger partial charge in [0.2, 0.25) is 5.91 Å². The number of hydrogen-bond acceptors (Lipinski definition) is 3. The predicted octanol–water partition coefficient (Wildman–Crippen LogP) is -1.04. The highest BCUT2D eigenvalue weighted by molar-refractivity contribution is 5.79. The predicted molar refractivity (Wildman–Crippen MR) is 48.6 cm³/mol. The Balaban J connectivity index is 3.44. The lowest BCUT2D eigenvalue weighted by atomic mass is 10.1. The Kier molecular flexibility index (Phi) is 5.03. The van der Waals surface area contributed by atoms with Crippen molar-refractivity contribution < 1.29 is 4.79 Å². The number of nitrogens with zero attached hydrogens (tertiary/aromatic N) is 1. The Bertz CT molecular complexity index is 174. The standard InChI is InChI=1S/C7H16N4O/c1-5(8)11-4-2-3-6(9)7(10)12/h6H,2-4,9H2,1H3,(H2,8,11)(H2,10,12). The van der Waals surface area contributed by atoms with E-state index in [0.29, 0.717) is 18.8 Å². The second-order valence-electron chi connectivity index (χ2n) is 2.67. The van der Waals surface area contributed by atoms with Gasteiger partial charge in [0.05, 0.1) is 11.9 Å². The lowest BCUT2D eigenvalue weighted by Crippen LogP contribution is -2.36. The van der Waals surface area contributed by atoms with E-state index in [1.165, 1.54) is 0 Å². The molecule has 0 spiro atoms. The Morgan fingerprint density at radius 3 is 2.50 bits per heavy atom. The van der Waals surface area contributed by atoms with Crippen LogP contribution in [0.4, 0.5) is 0 Å². The van der Waals surface area contributed by atoms with E-state index in [9.17, 15) is 4.79 Å². The molecule has 0 aromatic rings. The number of aliphatic imine (C=N–C) groups is 1. The molecule has 0 radical (unpaired) electrons. The maximum atomic E-state index is 10.5. The number of amidine groups is 1. The largest absolute Gasteiger partial charge is 0.388 e. The third-order valence-electron chi connectivity index (χ3n) is 1.40. The second-order valence-corrected chi connectivity index (χ2v) is 2.67. The van der Waals surface area contributed by atoms with Gasteiger partial charge in [0, 0.05) is 6.54 Å². The Labute approximate surface area is 72.0 Å². The summed E-state index contributed by atoms with van der Waals surface area (Å²) in [6.45, 7) is 2.32. The van der Waals surface area contributed by atoms with Gasteiger partial charge in [-0.1, -0.05) is 0 Å². The summed E-state index contributed by atoms with van der Waals surface area (Å²) >= 11 is 0. The van der Waals surface area contributed by atoms with Crippen molar-refractivity contribution in [2.24, 2.45) is 22.2 Å². The van der Waals surface area contributed by atoms with E-state index in [1.54, 1.807) is 6.92 Å². The van der Waals surface area contributed by atoms with E-state index in [2.05, 4.69) is 4.99 Å². The number of carbonyl (C=O) groups is 1. The van der Waals surface area contributed by atoms with Gasteiger partial charge in [0.1, 0.15) is 0 Å². The van der Waals surface area contributed by atoms with Gasteiger partial charge < -0.3 is 17.2 Å². The molecule has 0 aromatic carbocycles. The fourth-order valence-electron chi connectivity index (χ4n) is 0.709. The van der Waals surface area contributed by atoms with Crippen LogP contribution in [0.3, 0.4) is 0 Å². The number of carbonyl (C=O) groups excluding carboxylic acids is 1. The summed E-state index contributed by atoms with van der Waals surface area (Å²) < 4.78 is 0. The van der Waals surface area contributed by atoms with E-state index in [-0.39, 0.29) is 0 Å². The number of primary amides is 1. The lowest BCUT2D eigenvalue weighted by molar-refractivity contribution is -0.119. The molecule has 0 heterocycles. The monoisotopic (exact) mass is 172 g/mol. The molecular weight excluding hydrogens is 156 g/mol. The van der Waals surface area contributed by atoms with Crippen LogP contribution in [0.5, 0.6) is 0 Å². The minimum Gasteiger partial charge on any atom is -0.388 e. The van der Waals surface area contributed by atoms with Gasteiger partial charge in [0.25, 0.3) is 0 Å². The molecule has 5 nitrogen and oxygen atoms in total. The fourth-order valence-corrected chi connectivity index (χ4v) is 0.709. The third-order valence-corrected chi connectivity index (χ3v) is 1.40. The molecule has 0 aliphatic carbocycles. The normalized spacial score (nSPS) is 14.3. The first-order valence-corrected chi connectivity index (χ1v) is 3.85. The van der Waals surface area contributed by atoms with E-state index >= 15 is 0 Å². The van der Waals surface area contributed by atoms with E-state index in [1.807, 2.05) is 0 Å². The summed E-state index contributed by atoms with van der Waals surface area (Å²) in [5.41, 5.74) is 15.6. The van der Waals surface area contributed by atoms with Crippen LogP contribution in [0.1, 0.15) is 19.8 Å². The van der Waals surface area contributed by atoms with Crippen molar-refractivity contribution in [3.63, 3.8) is 0 Å². The molecule has 12 heavy (non-hydrogen) atoms. The van der Waals surface area contributed by atoms with Gasteiger partial charge in [-0.15, -0.1) is 0 Å². The molecule has 0 saturated heterocycles. The molecule has 0 rings (SSSR count). The molecule has 0 saturated carbocycles. The highest BCUT2D eigenvalue weighted by Crippen LogP contribution is 1.93. The zero-order valence-corrected chi connectivity index (χ0v) is 7.29. The summed E-state index contributed by atoms with van der Waals surface area (Å²) in [5, 5.41) is 0. The molecule has 0 aliphatic heterocycles. The van der Waals surface area contributed by atoms with Crippen molar-refractivity contribution >= 4 is 11.7 Å². The van der Waals surface area contributed by atoms with Crippen LogP contribution in [0.2, 0.25) is 0 Å². The van der Waals surface area contributed by atoms with Crippen LogP contribution in [0, 0.1) is 0 Å². The second kappa shape index (κ2) is 5.54. The summed E-state index contributed by atoms with van der Waals surface area (Å²) in [6.07, 6.45) is 1.30. The van der Waals surface area contributed by atoms with Crippen molar-refractivity contribution in [3.8, 4) is 0 Å². The molecule has 0 bridgehead atoms. The lowest BCUT2D eigenvalue weighted by Gasteiger charge is -2.04. The zero-order chi connectivity index (χ0) is 9.56. The van der Waals surface area contributed by atoms with Crippen LogP contribution in [-0.4, -0.2) is 24.3 Å². The van der Waals surface area contributed by atoms with Gasteiger partial charge in [-0.05, 0) is 19.8 Å². The van der Waals surface area contributed by atoms with Crippen LogP contribution in [-0.2, 0) is 4.79 Å². The van der Waals surface area contributed by atoms with E-state index in [4.69, 9.17) is 17.2 Å². The van der Waals surface area contributed by atoms with Crippen LogP contribution in [0.25, 0.3) is 0 Å². The maximum Gasteiger partial charge on any atom is 0.234 e. The Morgan fingerprint density at radius 1 is 1.50 bits per heavy atom. The molecule has 0 aliphatic rings. The average molecular weight is 172 g/mol. The van der Waals surface area contributed by atoms with Gasteiger partial charge >= 0.3 is 0 Å². The van der Waals surface area contributed by atoms with Gasteiger partial charge in [-0.2, -0.15) is 0 Å². The summed E-state index contributed by atoms with van der Waals surface area (Å²) in [4.78, 5) is 14.4. The molecule has 1 amide bonds. The first-order chi connectivity index (χ1) is 5.54. The maximum absolute atomic E-state index is 10.5. The van der Waals surface area contributed by atoms with Crippen LogP contribution < -0.4 is 17.2 Å². The van der Waals surface area contributed by atoms with E-state index < -0.39 is 11.9 Å². The minimum atomic E-state index is -0.557. The smallest absolute Gasteiger partial charge is 0.234 e. The van der Waals surface area contributed by atoms with Gasteiger partial charge in [0.15, 0.2) is 0 Å². The molecular formula is C7H16N4O. The van der Waals surface area contributed by atoms with Crippen molar-refractivity contribution in [1.29, 1.82) is 0 Å². The van der Waals surface area contributed by atoms with Crippen molar-refractivity contribution in [2.75, 3.05) is 6.54 Å². The summed E-state index contributed by atoms with van der Waals surface area (Å²) in [5.74, 6) is 0.0751. The molecule has 1 atom stereocenters. The van der Waals surface area contributed by atoms with E-state index in [0.717, 1.165) is 6.42 Å². The molecule has 70 valence electrons. The fraction of sp³-hybridized carbons (Fsp3) is 0.714. The highest BCUT2D eigenvalue weighted by Gasteiger charge is 2.07. The summed E-state index contributed by atoms with van der Waals surface area (Å²) in [6, 6.07) is -0.557.